The Hall–Kier alpha value is -0.750. The summed E-state index contributed by atoms with van der Waals surface area (Å²) < 4.78 is 7.84. The standard InChI is InChI=1S/C13H13ClINO2/c1-13(2,3)18-12(17)16-5-4-9-10(15)6-8(14)7-11(9)16/h4-7H,1-3H3. The third-order valence-electron chi connectivity index (χ3n) is 2.31. The minimum Gasteiger partial charge on any atom is -0.443 e. The lowest BCUT2D eigenvalue weighted by molar-refractivity contribution is 0.0544. The summed E-state index contributed by atoms with van der Waals surface area (Å²) in [4.78, 5) is 12.1. The summed E-state index contributed by atoms with van der Waals surface area (Å²) in [5, 5.41) is 1.60. The maximum absolute atomic E-state index is 12.1. The molecule has 0 atom stereocenters. The second-order valence-corrected chi connectivity index (χ2v) is 6.59. The van der Waals surface area contributed by atoms with Crippen molar-refractivity contribution in [1.29, 1.82) is 0 Å². The fraction of sp³-hybridized carbons (Fsp3) is 0.308. The van der Waals surface area contributed by atoms with E-state index in [2.05, 4.69) is 22.6 Å². The Morgan fingerprint density at radius 1 is 1.39 bits per heavy atom. The molecule has 18 heavy (non-hydrogen) atoms. The smallest absolute Gasteiger partial charge is 0.418 e. The highest BCUT2D eigenvalue weighted by atomic mass is 127. The van der Waals surface area contributed by atoms with Gasteiger partial charge in [0.15, 0.2) is 0 Å². The lowest BCUT2D eigenvalue weighted by Gasteiger charge is -2.19. The van der Waals surface area contributed by atoms with Crippen LogP contribution in [0.1, 0.15) is 20.8 Å². The van der Waals surface area contributed by atoms with Gasteiger partial charge in [-0.05, 0) is 61.6 Å². The molecule has 0 aliphatic heterocycles. The Bertz CT molecular complexity index is 613. The van der Waals surface area contributed by atoms with Gasteiger partial charge in [0, 0.05) is 20.2 Å². The lowest BCUT2D eigenvalue weighted by atomic mass is 10.2. The van der Waals surface area contributed by atoms with E-state index in [9.17, 15) is 4.79 Å². The quantitative estimate of drug-likeness (QED) is 0.624. The zero-order valence-corrected chi connectivity index (χ0v) is 13.2. The Morgan fingerprint density at radius 3 is 2.67 bits per heavy atom. The van der Waals surface area contributed by atoms with Crippen LogP contribution >= 0.6 is 34.2 Å². The summed E-state index contributed by atoms with van der Waals surface area (Å²) in [7, 11) is 0. The van der Waals surface area contributed by atoms with Crippen LogP contribution < -0.4 is 0 Å². The Morgan fingerprint density at radius 2 is 2.06 bits per heavy atom. The zero-order valence-electron chi connectivity index (χ0n) is 10.3. The molecule has 96 valence electrons. The SMILES string of the molecule is CC(C)(C)OC(=O)n1ccc2c(I)cc(Cl)cc21. The molecule has 0 unspecified atom stereocenters. The highest BCUT2D eigenvalue weighted by molar-refractivity contribution is 14.1. The molecule has 1 heterocycles. The van der Waals surface area contributed by atoms with E-state index >= 15 is 0 Å². The number of halogens is 2. The van der Waals surface area contributed by atoms with Crippen LogP contribution in [0.2, 0.25) is 5.02 Å². The van der Waals surface area contributed by atoms with Crippen molar-refractivity contribution >= 4 is 51.2 Å². The third-order valence-corrected chi connectivity index (χ3v) is 3.42. The van der Waals surface area contributed by atoms with Gasteiger partial charge in [-0.2, -0.15) is 0 Å². The van der Waals surface area contributed by atoms with Gasteiger partial charge in [0.2, 0.25) is 0 Å². The van der Waals surface area contributed by atoms with E-state index in [-0.39, 0.29) is 0 Å². The summed E-state index contributed by atoms with van der Waals surface area (Å²) >= 11 is 8.22. The number of fused-ring (bicyclic) bond motifs is 1. The van der Waals surface area contributed by atoms with Crippen molar-refractivity contribution in [3.63, 3.8) is 0 Å². The number of nitrogens with zero attached hydrogens (tertiary/aromatic N) is 1. The number of carbonyl (C=O) groups is 1. The summed E-state index contributed by atoms with van der Waals surface area (Å²) in [6, 6.07) is 5.52. The minimum absolute atomic E-state index is 0.393. The average molecular weight is 378 g/mol. The van der Waals surface area contributed by atoms with Crippen molar-refractivity contribution in [1.82, 2.24) is 4.57 Å². The van der Waals surface area contributed by atoms with Gasteiger partial charge in [-0.15, -0.1) is 0 Å². The summed E-state index contributed by atoms with van der Waals surface area (Å²) in [6.45, 7) is 5.52. The molecular formula is C13H13ClINO2. The number of aromatic nitrogens is 1. The van der Waals surface area contributed by atoms with Crippen LogP contribution in [0.4, 0.5) is 4.79 Å². The van der Waals surface area contributed by atoms with Crippen molar-refractivity contribution in [2.75, 3.05) is 0 Å². The first-order valence-corrected chi connectivity index (χ1v) is 6.93. The fourth-order valence-corrected chi connectivity index (χ4v) is 2.82. The molecule has 0 bridgehead atoms. The maximum atomic E-state index is 12.1. The number of carbonyl (C=O) groups excluding carboxylic acids is 1. The van der Waals surface area contributed by atoms with E-state index < -0.39 is 11.7 Å². The first-order chi connectivity index (χ1) is 8.28. The first-order valence-electron chi connectivity index (χ1n) is 5.47. The highest BCUT2D eigenvalue weighted by Gasteiger charge is 2.19. The summed E-state index contributed by atoms with van der Waals surface area (Å²) in [5.74, 6) is 0. The second-order valence-electron chi connectivity index (χ2n) is 4.99. The average Bonchev–Trinajstić information content (AvgIpc) is 2.58. The molecule has 0 N–H and O–H groups in total. The van der Waals surface area contributed by atoms with Gasteiger partial charge in [-0.3, -0.25) is 4.57 Å². The minimum atomic E-state index is -0.514. The van der Waals surface area contributed by atoms with Gasteiger partial charge in [-0.25, -0.2) is 4.79 Å². The molecule has 0 saturated heterocycles. The molecule has 1 aromatic carbocycles. The predicted octanol–water partition coefficient (Wildman–Crippen LogP) is 4.68. The van der Waals surface area contributed by atoms with Gasteiger partial charge in [-0.1, -0.05) is 11.6 Å². The molecule has 2 rings (SSSR count). The van der Waals surface area contributed by atoms with E-state index in [0.29, 0.717) is 5.02 Å². The van der Waals surface area contributed by atoms with Crippen LogP contribution in [0.15, 0.2) is 24.4 Å². The molecule has 0 saturated carbocycles. The third kappa shape index (κ3) is 2.80. The molecule has 1 aromatic heterocycles. The number of ether oxygens (including phenoxy) is 1. The highest BCUT2D eigenvalue weighted by Crippen LogP contribution is 2.27. The molecule has 0 spiro atoms. The molecule has 3 nitrogen and oxygen atoms in total. The molecule has 5 heteroatoms. The van der Waals surface area contributed by atoms with Gasteiger partial charge >= 0.3 is 6.09 Å². The zero-order chi connectivity index (χ0) is 13.5. The maximum Gasteiger partial charge on any atom is 0.418 e. The first kappa shape index (κ1) is 13.7. The van der Waals surface area contributed by atoms with Crippen LogP contribution in [0, 0.1) is 3.57 Å². The second kappa shape index (κ2) is 4.74. The number of rotatable bonds is 0. The monoisotopic (exact) mass is 377 g/mol. The van der Waals surface area contributed by atoms with Gasteiger partial charge in [0.25, 0.3) is 0 Å². The van der Waals surface area contributed by atoms with Crippen LogP contribution in [-0.4, -0.2) is 16.3 Å². The van der Waals surface area contributed by atoms with Crippen LogP contribution in [-0.2, 0) is 4.74 Å². The molecule has 0 radical (unpaired) electrons. The Kier molecular flexibility index (Phi) is 3.60. The number of hydrogen-bond donors (Lipinski definition) is 0. The van der Waals surface area contributed by atoms with Gasteiger partial charge < -0.3 is 4.74 Å². The van der Waals surface area contributed by atoms with Crippen molar-refractivity contribution in [3.05, 3.63) is 33.0 Å². The molecule has 0 fully saturated rings. The van der Waals surface area contributed by atoms with E-state index in [1.165, 1.54) is 4.57 Å². The topological polar surface area (TPSA) is 31.2 Å². The summed E-state index contributed by atoms with van der Waals surface area (Å²) in [5.41, 5.74) is 0.250. The predicted molar refractivity (Wildman–Crippen MR) is 81.3 cm³/mol. The Balaban J connectivity index is 2.49. The van der Waals surface area contributed by atoms with Crippen molar-refractivity contribution in [2.45, 2.75) is 26.4 Å². The molecular weight excluding hydrogens is 365 g/mol. The largest absolute Gasteiger partial charge is 0.443 e. The van der Waals surface area contributed by atoms with Crippen LogP contribution in [0.5, 0.6) is 0 Å². The fourth-order valence-electron chi connectivity index (χ4n) is 1.64. The van der Waals surface area contributed by atoms with E-state index in [1.807, 2.05) is 32.9 Å². The Labute approximate surface area is 124 Å². The molecule has 0 aliphatic carbocycles. The normalized spacial score (nSPS) is 11.8. The van der Waals surface area contributed by atoms with Gasteiger partial charge in [0.1, 0.15) is 5.60 Å². The number of hydrogen-bond acceptors (Lipinski definition) is 2. The lowest BCUT2D eigenvalue weighted by Crippen LogP contribution is -2.26. The van der Waals surface area contributed by atoms with Crippen molar-refractivity contribution in [2.24, 2.45) is 0 Å². The molecule has 0 amide bonds. The van der Waals surface area contributed by atoms with E-state index in [4.69, 9.17) is 16.3 Å². The van der Waals surface area contributed by atoms with Crippen LogP contribution in [0.25, 0.3) is 10.9 Å². The summed E-state index contributed by atoms with van der Waals surface area (Å²) in [6.07, 6.45) is 1.31. The van der Waals surface area contributed by atoms with Gasteiger partial charge in [0.05, 0.1) is 5.52 Å². The molecule has 2 aromatic rings. The molecule has 0 aliphatic rings. The van der Waals surface area contributed by atoms with Crippen molar-refractivity contribution < 1.29 is 9.53 Å². The number of benzene rings is 1. The van der Waals surface area contributed by atoms with Crippen molar-refractivity contribution in [3.8, 4) is 0 Å². The van der Waals surface area contributed by atoms with Crippen LogP contribution in [0.3, 0.4) is 0 Å². The van der Waals surface area contributed by atoms with E-state index in [1.54, 1.807) is 12.3 Å². The van der Waals surface area contributed by atoms with E-state index in [0.717, 1.165) is 14.5 Å².